The molecule has 0 aromatic heterocycles. The van der Waals surface area contributed by atoms with Crippen LogP contribution in [0.5, 0.6) is 5.75 Å². The standard InChI is InChI=1S/C12H13F3O2/c1-7(16)10-6-11(10)8-2-4-9(5-3-8)17-12(13,14)15/h2-5,7,10-11,16H,6H2,1H3/t7-,10-,11-/m1/s1. The lowest BCUT2D eigenvalue weighted by Crippen LogP contribution is -2.17. The summed E-state index contributed by atoms with van der Waals surface area (Å²) < 4.78 is 39.6. The van der Waals surface area contributed by atoms with E-state index >= 15 is 0 Å². The first-order valence-electron chi connectivity index (χ1n) is 5.40. The summed E-state index contributed by atoms with van der Waals surface area (Å²) in [4.78, 5) is 0. The monoisotopic (exact) mass is 246 g/mol. The summed E-state index contributed by atoms with van der Waals surface area (Å²) >= 11 is 0. The van der Waals surface area contributed by atoms with Gasteiger partial charge < -0.3 is 9.84 Å². The van der Waals surface area contributed by atoms with Crippen molar-refractivity contribution in [3.8, 4) is 5.75 Å². The fourth-order valence-electron chi connectivity index (χ4n) is 2.05. The second-order valence-electron chi connectivity index (χ2n) is 4.36. The van der Waals surface area contributed by atoms with Crippen LogP contribution in [0.1, 0.15) is 24.8 Å². The highest BCUT2D eigenvalue weighted by atomic mass is 19.4. The van der Waals surface area contributed by atoms with Gasteiger partial charge in [-0.25, -0.2) is 0 Å². The molecule has 1 saturated carbocycles. The quantitative estimate of drug-likeness (QED) is 0.888. The summed E-state index contributed by atoms with van der Waals surface area (Å²) in [5.41, 5.74) is 0.949. The molecule has 1 fully saturated rings. The molecule has 1 aliphatic carbocycles. The van der Waals surface area contributed by atoms with Crippen LogP contribution in [0, 0.1) is 5.92 Å². The number of hydrogen-bond acceptors (Lipinski definition) is 2. The smallest absolute Gasteiger partial charge is 0.406 e. The van der Waals surface area contributed by atoms with E-state index in [9.17, 15) is 18.3 Å². The Morgan fingerprint density at radius 1 is 1.29 bits per heavy atom. The number of ether oxygens (including phenoxy) is 1. The first-order valence-corrected chi connectivity index (χ1v) is 5.40. The lowest BCUT2D eigenvalue weighted by molar-refractivity contribution is -0.274. The normalized spacial score (nSPS) is 25.5. The van der Waals surface area contributed by atoms with Gasteiger partial charge in [0.05, 0.1) is 6.10 Å². The Kier molecular flexibility index (Phi) is 3.03. The molecule has 2 rings (SSSR count). The average Bonchev–Trinajstić information content (AvgIpc) is 2.96. The molecular weight excluding hydrogens is 233 g/mol. The van der Waals surface area contributed by atoms with Crippen LogP contribution in [0.25, 0.3) is 0 Å². The summed E-state index contributed by atoms with van der Waals surface area (Å²) in [5.74, 6) is 0.273. The molecule has 1 aromatic rings. The van der Waals surface area contributed by atoms with Gasteiger partial charge in [-0.3, -0.25) is 0 Å². The van der Waals surface area contributed by atoms with Crippen LogP contribution in [0.4, 0.5) is 13.2 Å². The Hall–Kier alpha value is -1.23. The van der Waals surface area contributed by atoms with Crippen molar-refractivity contribution >= 4 is 0 Å². The van der Waals surface area contributed by atoms with Crippen molar-refractivity contribution in [2.24, 2.45) is 5.92 Å². The van der Waals surface area contributed by atoms with Crippen molar-refractivity contribution in [2.75, 3.05) is 0 Å². The number of halogens is 3. The molecule has 0 heterocycles. The molecule has 0 saturated heterocycles. The lowest BCUT2D eigenvalue weighted by atomic mass is 10.1. The molecule has 0 amide bonds. The van der Waals surface area contributed by atoms with Crippen molar-refractivity contribution in [3.63, 3.8) is 0 Å². The molecule has 17 heavy (non-hydrogen) atoms. The zero-order chi connectivity index (χ0) is 12.6. The van der Waals surface area contributed by atoms with E-state index in [1.54, 1.807) is 19.1 Å². The molecule has 5 heteroatoms. The topological polar surface area (TPSA) is 29.5 Å². The van der Waals surface area contributed by atoms with Crippen molar-refractivity contribution in [1.29, 1.82) is 0 Å². The second kappa shape index (κ2) is 4.22. The zero-order valence-electron chi connectivity index (χ0n) is 9.24. The van der Waals surface area contributed by atoms with Crippen LogP contribution in [-0.4, -0.2) is 17.6 Å². The van der Waals surface area contributed by atoms with E-state index in [1.165, 1.54) is 12.1 Å². The Bertz CT molecular complexity index is 384. The van der Waals surface area contributed by atoms with Gasteiger partial charge in [0.15, 0.2) is 0 Å². The van der Waals surface area contributed by atoms with Gasteiger partial charge in [0.1, 0.15) is 5.75 Å². The summed E-state index contributed by atoms with van der Waals surface area (Å²) in [6.07, 6.45) is -4.13. The van der Waals surface area contributed by atoms with Gasteiger partial charge in [0.2, 0.25) is 0 Å². The molecule has 1 aromatic carbocycles. The Labute approximate surface area is 97.0 Å². The summed E-state index contributed by atoms with van der Waals surface area (Å²) in [5, 5.41) is 9.36. The summed E-state index contributed by atoms with van der Waals surface area (Å²) in [6, 6.07) is 5.85. The molecular formula is C12H13F3O2. The molecule has 94 valence electrons. The zero-order valence-corrected chi connectivity index (χ0v) is 9.24. The van der Waals surface area contributed by atoms with Crippen molar-refractivity contribution in [2.45, 2.75) is 31.7 Å². The minimum atomic E-state index is -4.65. The molecule has 0 bridgehead atoms. The Morgan fingerprint density at radius 3 is 2.29 bits per heavy atom. The van der Waals surface area contributed by atoms with E-state index in [1.807, 2.05) is 0 Å². The predicted molar refractivity (Wildman–Crippen MR) is 55.7 cm³/mol. The third-order valence-corrected chi connectivity index (χ3v) is 3.00. The molecule has 0 unspecified atom stereocenters. The third kappa shape index (κ3) is 3.12. The van der Waals surface area contributed by atoms with Gasteiger partial charge in [0, 0.05) is 0 Å². The number of rotatable bonds is 3. The molecule has 3 atom stereocenters. The van der Waals surface area contributed by atoms with Crippen molar-refractivity contribution in [1.82, 2.24) is 0 Å². The average molecular weight is 246 g/mol. The van der Waals surface area contributed by atoms with Crippen LogP contribution >= 0.6 is 0 Å². The van der Waals surface area contributed by atoms with E-state index in [0.717, 1.165) is 12.0 Å². The largest absolute Gasteiger partial charge is 0.573 e. The molecule has 0 aliphatic heterocycles. The number of benzene rings is 1. The maximum atomic E-state index is 11.9. The van der Waals surface area contributed by atoms with Gasteiger partial charge in [0.25, 0.3) is 0 Å². The summed E-state index contributed by atoms with van der Waals surface area (Å²) in [7, 11) is 0. The SMILES string of the molecule is C[C@@H](O)[C@H]1C[C@@H]1c1ccc(OC(F)(F)F)cc1. The van der Waals surface area contributed by atoms with E-state index in [4.69, 9.17) is 0 Å². The number of hydrogen-bond donors (Lipinski definition) is 1. The van der Waals surface area contributed by atoms with Gasteiger partial charge >= 0.3 is 6.36 Å². The minimum absolute atomic E-state index is 0.213. The molecule has 1 aliphatic rings. The predicted octanol–water partition coefficient (Wildman–Crippen LogP) is 3.07. The van der Waals surface area contributed by atoms with Crippen molar-refractivity contribution < 1.29 is 23.0 Å². The highest BCUT2D eigenvalue weighted by molar-refractivity contribution is 5.33. The van der Waals surface area contributed by atoms with Gasteiger partial charge in [-0.1, -0.05) is 12.1 Å². The minimum Gasteiger partial charge on any atom is -0.406 e. The van der Waals surface area contributed by atoms with Gasteiger partial charge in [-0.2, -0.15) is 0 Å². The third-order valence-electron chi connectivity index (χ3n) is 3.00. The van der Waals surface area contributed by atoms with Crippen LogP contribution < -0.4 is 4.74 Å². The second-order valence-corrected chi connectivity index (χ2v) is 4.36. The molecule has 0 spiro atoms. The van der Waals surface area contributed by atoms with Crippen molar-refractivity contribution in [3.05, 3.63) is 29.8 Å². The van der Waals surface area contributed by atoms with Crippen LogP contribution in [0.2, 0.25) is 0 Å². The van der Waals surface area contributed by atoms with E-state index in [2.05, 4.69) is 4.74 Å². The molecule has 1 N–H and O–H groups in total. The Balaban J connectivity index is 2.00. The maximum absolute atomic E-state index is 11.9. The first kappa shape index (κ1) is 12.2. The number of aliphatic hydroxyl groups is 1. The lowest BCUT2D eigenvalue weighted by Gasteiger charge is -2.09. The van der Waals surface area contributed by atoms with E-state index in [-0.39, 0.29) is 23.7 Å². The van der Waals surface area contributed by atoms with Gasteiger partial charge in [-0.15, -0.1) is 13.2 Å². The van der Waals surface area contributed by atoms with E-state index in [0.29, 0.717) is 0 Å². The molecule has 2 nitrogen and oxygen atoms in total. The van der Waals surface area contributed by atoms with E-state index < -0.39 is 6.36 Å². The molecule has 0 radical (unpaired) electrons. The summed E-state index contributed by atoms with van der Waals surface area (Å²) in [6.45, 7) is 1.73. The fourth-order valence-corrected chi connectivity index (χ4v) is 2.05. The van der Waals surface area contributed by atoms with Crippen LogP contribution in [0.15, 0.2) is 24.3 Å². The first-order chi connectivity index (χ1) is 7.87. The fraction of sp³-hybridized carbons (Fsp3) is 0.500. The van der Waals surface area contributed by atoms with Gasteiger partial charge in [-0.05, 0) is 42.9 Å². The Morgan fingerprint density at radius 2 is 1.88 bits per heavy atom. The van der Waals surface area contributed by atoms with Crippen LogP contribution in [0.3, 0.4) is 0 Å². The number of aliphatic hydroxyl groups excluding tert-OH is 1. The highest BCUT2D eigenvalue weighted by Crippen LogP contribution is 2.49. The van der Waals surface area contributed by atoms with Crippen LogP contribution in [-0.2, 0) is 0 Å². The maximum Gasteiger partial charge on any atom is 0.573 e. The number of alkyl halides is 3. The highest BCUT2D eigenvalue weighted by Gasteiger charge is 2.41.